The molecule has 5 nitrogen and oxygen atoms in total. The number of nitrogens with one attached hydrogen (secondary N) is 1. The molecule has 0 spiro atoms. The zero-order valence-corrected chi connectivity index (χ0v) is 15.0. The van der Waals surface area contributed by atoms with E-state index in [1.807, 2.05) is 36.4 Å². The maximum atomic E-state index is 12.1. The molecule has 0 amide bonds. The second-order valence-electron chi connectivity index (χ2n) is 6.33. The van der Waals surface area contributed by atoms with Crippen LogP contribution in [0, 0.1) is 0 Å². The number of rotatable bonds is 7. The molecule has 0 saturated carbocycles. The van der Waals surface area contributed by atoms with E-state index in [4.69, 9.17) is 0 Å². The molecule has 3 aromatic rings. The molecule has 0 heterocycles. The van der Waals surface area contributed by atoms with Crippen molar-refractivity contribution in [2.75, 3.05) is 11.9 Å². The molecule has 27 heavy (non-hydrogen) atoms. The van der Waals surface area contributed by atoms with Gasteiger partial charge in [0.25, 0.3) is 0 Å². The zero-order valence-electron chi connectivity index (χ0n) is 15.0. The summed E-state index contributed by atoms with van der Waals surface area (Å²) in [5.74, 6) is -2.29. The molecule has 138 valence electrons. The monoisotopic (exact) mass is 363 g/mol. The van der Waals surface area contributed by atoms with Gasteiger partial charge in [-0.25, -0.2) is 9.59 Å². The number of aromatic carboxylic acids is 2. The van der Waals surface area contributed by atoms with Crippen LogP contribution in [0.1, 0.15) is 40.5 Å². The Hall–Kier alpha value is -3.34. The van der Waals surface area contributed by atoms with Gasteiger partial charge >= 0.3 is 11.9 Å². The Kier molecular flexibility index (Phi) is 5.41. The largest absolute Gasteiger partial charge is 0.478 e. The molecule has 3 N–H and O–H groups in total. The molecule has 0 saturated heterocycles. The van der Waals surface area contributed by atoms with E-state index >= 15 is 0 Å². The van der Waals surface area contributed by atoms with Crippen molar-refractivity contribution < 1.29 is 19.8 Å². The van der Waals surface area contributed by atoms with Crippen molar-refractivity contribution in [2.45, 2.75) is 19.8 Å². The highest BCUT2D eigenvalue weighted by Gasteiger charge is 2.23. The van der Waals surface area contributed by atoms with Crippen molar-refractivity contribution in [3.05, 3.63) is 65.7 Å². The number of fused-ring (bicyclic) bond motifs is 1. The van der Waals surface area contributed by atoms with Crippen LogP contribution in [0.2, 0.25) is 0 Å². The quantitative estimate of drug-likeness (QED) is 0.508. The van der Waals surface area contributed by atoms with Crippen LogP contribution in [0.15, 0.2) is 54.6 Å². The van der Waals surface area contributed by atoms with Crippen molar-refractivity contribution in [3.8, 4) is 11.1 Å². The fraction of sp³-hybridized carbons (Fsp3) is 0.182. The first-order valence-corrected chi connectivity index (χ1v) is 8.90. The van der Waals surface area contributed by atoms with Gasteiger partial charge in [-0.15, -0.1) is 0 Å². The van der Waals surface area contributed by atoms with Crippen LogP contribution >= 0.6 is 0 Å². The number of anilines is 1. The number of benzene rings is 3. The summed E-state index contributed by atoms with van der Waals surface area (Å²) in [4.78, 5) is 23.9. The lowest BCUT2D eigenvalue weighted by atomic mass is 9.90. The topological polar surface area (TPSA) is 86.6 Å². The lowest BCUT2D eigenvalue weighted by Crippen LogP contribution is -2.09. The van der Waals surface area contributed by atoms with Gasteiger partial charge in [-0.05, 0) is 29.7 Å². The second-order valence-corrected chi connectivity index (χ2v) is 6.33. The molecule has 0 aliphatic heterocycles. The van der Waals surface area contributed by atoms with Crippen molar-refractivity contribution in [1.82, 2.24) is 0 Å². The van der Waals surface area contributed by atoms with E-state index in [1.165, 1.54) is 6.07 Å². The highest BCUT2D eigenvalue weighted by Crippen LogP contribution is 2.37. The fourth-order valence-corrected chi connectivity index (χ4v) is 3.27. The van der Waals surface area contributed by atoms with Crippen molar-refractivity contribution in [3.63, 3.8) is 0 Å². The summed E-state index contributed by atoms with van der Waals surface area (Å²) >= 11 is 0. The van der Waals surface area contributed by atoms with Crippen LogP contribution in [-0.2, 0) is 0 Å². The van der Waals surface area contributed by atoms with E-state index in [2.05, 4.69) is 12.2 Å². The minimum Gasteiger partial charge on any atom is -0.478 e. The summed E-state index contributed by atoms with van der Waals surface area (Å²) < 4.78 is 0. The smallest absolute Gasteiger partial charge is 0.336 e. The summed E-state index contributed by atoms with van der Waals surface area (Å²) in [6.07, 6.45) is 1.98. The SMILES string of the molecule is CCCCNc1cc(-c2ccccc2)c(C(=O)O)c2c(C(=O)O)cccc12. The van der Waals surface area contributed by atoms with Gasteiger partial charge < -0.3 is 15.5 Å². The average Bonchev–Trinajstić information content (AvgIpc) is 2.67. The molecule has 0 unspecified atom stereocenters. The number of carboxylic acid groups (broad SMARTS) is 2. The van der Waals surface area contributed by atoms with Crippen LogP contribution in [-0.4, -0.2) is 28.7 Å². The minimum absolute atomic E-state index is 0.00948. The Bertz CT molecular complexity index is 996. The molecule has 0 aromatic heterocycles. The van der Waals surface area contributed by atoms with Crippen LogP contribution in [0.3, 0.4) is 0 Å². The van der Waals surface area contributed by atoms with Gasteiger partial charge in [-0.2, -0.15) is 0 Å². The summed E-state index contributed by atoms with van der Waals surface area (Å²) in [5.41, 5.74) is 1.97. The Morgan fingerprint density at radius 1 is 0.963 bits per heavy atom. The van der Waals surface area contributed by atoms with Crippen molar-refractivity contribution >= 4 is 28.4 Å². The van der Waals surface area contributed by atoms with E-state index < -0.39 is 11.9 Å². The van der Waals surface area contributed by atoms with Gasteiger partial charge in [0.2, 0.25) is 0 Å². The summed E-state index contributed by atoms with van der Waals surface area (Å²) in [7, 11) is 0. The average molecular weight is 363 g/mol. The molecule has 0 radical (unpaired) electrons. The molecule has 0 atom stereocenters. The molecular formula is C22H21NO4. The lowest BCUT2D eigenvalue weighted by molar-refractivity contribution is 0.0695. The van der Waals surface area contributed by atoms with E-state index in [0.29, 0.717) is 10.9 Å². The Labute approximate surface area is 157 Å². The third-order valence-electron chi connectivity index (χ3n) is 4.54. The van der Waals surface area contributed by atoms with Crippen molar-refractivity contribution in [2.24, 2.45) is 0 Å². The van der Waals surface area contributed by atoms with E-state index in [0.717, 1.165) is 30.6 Å². The molecule has 0 bridgehead atoms. The normalized spacial score (nSPS) is 10.7. The Balaban J connectivity index is 2.39. The number of hydrogen-bond acceptors (Lipinski definition) is 3. The first kappa shape index (κ1) is 18.5. The molecule has 0 aliphatic carbocycles. The highest BCUT2D eigenvalue weighted by molar-refractivity contribution is 6.19. The van der Waals surface area contributed by atoms with Gasteiger partial charge in [0, 0.05) is 23.0 Å². The number of carbonyl (C=O) groups is 2. The van der Waals surface area contributed by atoms with Gasteiger partial charge in [-0.3, -0.25) is 0 Å². The number of hydrogen-bond donors (Lipinski definition) is 3. The summed E-state index contributed by atoms with van der Waals surface area (Å²) in [6.45, 7) is 2.81. The first-order valence-electron chi connectivity index (χ1n) is 8.90. The zero-order chi connectivity index (χ0) is 19.4. The van der Waals surface area contributed by atoms with E-state index in [9.17, 15) is 19.8 Å². The molecule has 3 aromatic carbocycles. The third-order valence-corrected chi connectivity index (χ3v) is 4.54. The van der Waals surface area contributed by atoms with Gasteiger partial charge in [-0.1, -0.05) is 55.8 Å². The predicted octanol–water partition coefficient (Wildman–Crippen LogP) is 5.12. The highest BCUT2D eigenvalue weighted by atomic mass is 16.4. The minimum atomic E-state index is -1.15. The first-order chi connectivity index (χ1) is 13.0. The van der Waals surface area contributed by atoms with E-state index in [-0.39, 0.29) is 16.5 Å². The second kappa shape index (κ2) is 7.91. The van der Waals surface area contributed by atoms with Gasteiger partial charge in [0.15, 0.2) is 0 Å². The molecule has 0 fully saturated rings. The maximum Gasteiger partial charge on any atom is 0.336 e. The third kappa shape index (κ3) is 3.62. The molecule has 0 aliphatic rings. The van der Waals surface area contributed by atoms with Crippen molar-refractivity contribution in [1.29, 1.82) is 0 Å². The molecule has 5 heteroatoms. The number of carboxylic acids is 2. The summed E-state index contributed by atoms with van der Waals surface area (Å²) in [5, 5.41) is 23.8. The van der Waals surface area contributed by atoms with Gasteiger partial charge in [0.1, 0.15) is 0 Å². The summed E-state index contributed by atoms with van der Waals surface area (Å²) in [6, 6.07) is 15.8. The molecule has 3 rings (SSSR count). The van der Waals surface area contributed by atoms with Crippen LogP contribution in [0.4, 0.5) is 5.69 Å². The maximum absolute atomic E-state index is 12.1. The van der Waals surface area contributed by atoms with E-state index in [1.54, 1.807) is 12.1 Å². The Morgan fingerprint density at radius 3 is 2.33 bits per heavy atom. The lowest BCUT2D eigenvalue weighted by Gasteiger charge is -2.17. The predicted molar refractivity (Wildman–Crippen MR) is 107 cm³/mol. The van der Waals surface area contributed by atoms with Crippen LogP contribution < -0.4 is 5.32 Å². The van der Waals surface area contributed by atoms with Crippen LogP contribution in [0.25, 0.3) is 21.9 Å². The molecular weight excluding hydrogens is 342 g/mol. The fourth-order valence-electron chi connectivity index (χ4n) is 3.27. The standard InChI is InChI=1S/C22H21NO4/c1-2-3-12-23-18-13-17(14-8-5-4-6-9-14)20(22(26)27)19-15(18)10-7-11-16(19)21(24)25/h4-11,13,23H,2-3,12H2,1H3,(H,24,25)(H,26,27). The number of unbranched alkanes of at least 4 members (excludes halogenated alkanes) is 1. The van der Waals surface area contributed by atoms with Gasteiger partial charge in [0.05, 0.1) is 11.1 Å². The Morgan fingerprint density at radius 2 is 1.70 bits per heavy atom. The van der Waals surface area contributed by atoms with Crippen LogP contribution in [0.5, 0.6) is 0 Å².